The van der Waals surface area contributed by atoms with E-state index in [9.17, 15) is 18.0 Å². The first-order valence-electron chi connectivity index (χ1n) is 10.6. The SMILES string of the molecule is CNCCOCCNC(=O)c1ccc2c(c1)nc(Nc1nc3ccc(OC(F)(F)F)cc3s1)n2C.Cl. The number of hydrogen-bond donors (Lipinski definition) is 3. The van der Waals surface area contributed by atoms with Crippen LogP contribution in [0, 0.1) is 0 Å². The minimum atomic E-state index is -4.76. The van der Waals surface area contributed by atoms with Gasteiger partial charge in [-0.3, -0.25) is 4.79 Å². The number of alkyl halides is 3. The van der Waals surface area contributed by atoms with E-state index in [0.29, 0.717) is 52.1 Å². The van der Waals surface area contributed by atoms with E-state index >= 15 is 0 Å². The van der Waals surface area contributed by atoms with Gasteiger partial charge >= 0.3 is 6.36 Å². The minimum absolute atomic E-state index is 0. The molecule has 0 unspecified atom stereocenters. The molecule has 194 valence electrons. The molecule has 3 N–H and O–H groups in total. The van der Waals surface area contributed by atoms with Crippen LogP contribution in [0.4, 0.5) is 24.3 Å². The van der Waals surface area contributed by atoms with Crippen LogP contribution in [-0.2, 0) is 11.8 Å². The van der Waals surface area contributed by atoms with Crippen molar-refractivity contribution >= 4 is 62.0 Å². The van der Waals surface area contributed by atoms with Crippen molar-refractivity contribution < 1.29 is 27.4 Å². The zero-order valence-corrected chi connectivity index (χ0v) is 20.9. The lowest BCUT2D eigenvalue weighted by atomic mass is 10.2. The van der Waals surface area contributed by atoms with Crippen LogP contribution < -0.4 is 20.7 Å². The Morgan fingerprint density at radius 2 is 1.86 bits per heavy atom. The van der Waals surface area contributed by atoms with Gasteiger partial charge in [-0.2, -0.15) is 0 Å². The van der Waals surface area contributed by atoms with E-state index in [0.717, 1.165) is 12.1 Å². The number of carbonyl (C=O) groups excluding carboxylic acids is 1. The molecular weight excluding hydrogens is 521 g/mol. The van der Waals surface area contributed by atoms with Gasteiger partial charge < -0.3 is 30.0 Å². The molecule has 2 heterocycles. The van der Waals surface area contributed by atoms with Crippen molar-refractivity contribution in [2.75, 3.05) is 38.7 Å². The lowest BCUT2D eigenvalue weighted by molar-refractivity contribution is -0.274. The van der Waals surface area contributed by atoms with Gasteiger partial charge in [-0.25, -0.2) is 9.97 Å². The summed E-state index contributed by atoms with van der Waals surface area (Å²) in [5.41, 5.74) is 2.39. The van der Waals surface area contributed by atoms with Gasteiger partial charge in [0.05, 0.1) is 34.5 Å². The number of ether oxygens (including phenoxy) is 2. The van der Waals surface area contributed by atoms with E-state index in [4.69, 9.17) is 4.74 Å². The molecule has 0 atom stereocenters. The van der Waals surface area contributed by atoms with Gasteiger partial charge in [0, 0.05) is 31.8 Å². The Kier molecular flexibility index (Phi) is 8.95. The summed E-state index contributed by atoms with van der Waals surface area (Å²) in [6.45, 7) is 2.12. The molecule has 0 spiro atoms. The smallest absolute Gasteiger partial charge is 0.406 e. The van der Waals surface area contributed by atoms with Crippen LogP contribution in [0.5, 0.6) is 5.75 Å². The number of likely N-dealkylation sites (N-methyl/N-ethyl adjacent to an activating group) is 1. The highest BCUT2D eigenvalue weighted by Gasteiger charge is 2.31. The molecule has 0 fully saturated rings. The lowest BCUT2D eigenvalue weighted by Gasteiger charge is -2.07. The molecule has 0 radical (unpaired) electrons. The molecule has 4 aromatic rings. The van der Waals surface area contributed by atoms with Gasteiger partial charge in [-0.15, -0.1) is 25.6 Å². The van der Waals surface area contributed by atoms with Crippen LogP contribution in [0.15, 0.2) is 36.4 Å². The standard InChI is InChI=1S/C22H23F3N6O3S.ClH/c1-26-7-9-33-10-8-27-19(32)13-3-6-17-16(11-13)28-20(31(17)2)30-21-29-15-5-4-14(12-18(15)35-21)34-22(23,24)25;/h3-6,11-12,26H,7-10H2,1-2H3,(H,27,32)(H,28,29,30);1H. The van der Waals surface area contributed by atoms with Gasteiger partial charge in [0.25, 0.3) is 5.91 Å². The third-order valence-electron chi connectivity index (χ3n) is 4.98. The summed E-state index contributed by atoms with van der Waals surface area (Å²) in [7, 11) is 3.65. The Morgan fingerprint density at radius 1 is 1.08 bits per heavy atom. The molecule has 2 aromatic heterocycles. The number of thiazole rings is 1. The zero-order valence-electron chi connectivity index (χ0n) is 19.3. The zero-order chi connectivity index (χ0) is 25.0. The molecule has 0 saturated carbocycles. The van der Waals surface area contributed by atoms with E-state index in [1.807, 2.05) is 14.1 Å². The van der Waals surface area contributed by atoms with Crippen molar-refractivity contribution in [2.45, 2.75) is 6.36 Å². The highest BCUT2D eigenvalue weighted by atomic mass is 35.5. The lowest BCUT2D eigenvalue weighted by Crippen LogP contribution is -2.28. The number of imidazole rings is 1. The first-order valence-corrected chi connectivity index (χ1v) is 11.5. The molecule has 4 rings (SSSR count). The number of anilines is 2. The van der Waals surface area contributed by atoms with Crippen molar-refractivity contribution in [3.8, 4) is 5.75 Å². The molecule has 0 aliphatic heterocycles. The predicted molar refractivity (Wildman–Crippen MR) is 135 cm³/mol. The predicted octanol–water partition coefficient (Wildman–Crippen LogP) is 4.21. The number of fused-ring (bicyclic) bond motifs is 2. The van der Waals surface area contributed by atoms with Crippen LogP contribution in [0.3, 0.4) is 0 Å². The summed E-state index contributed by atoms with van der Waals surface area (Å²) in [6.07, 6.45) is -4.76. The summed E-state index contributed by atoms with van der Waals surface area (Å²) in [5, 5.41) is 9.35. The monoisotopic (exact) mass is 544 g/mol. The maximum absolute atomic E-state index is 12.5. The Bertz CT molecular complexity index is 1340. The largest absolute Gasteiger partial charge is 0.573 e. The van der Waals surface area contributed by atoms with E-state index in [1.54, 1.807) is 22.8 Å². The number of nitrogens with zero attached hydrogens (tertiary/aromatic N) is 3. The van der Waals surface area contributed by atoms with Crippen LogP contribution in [0.2, 0.25) is 0 Å². The first-order chi connectivity index (χ1) is 16.7. The number of benzene rings is 2. The van der Waals surface area contributed by atoms with Crippen molar-refractivity contribution in [1.82, 2.24) is 25.2 Å². The van der Waals surface area contributed by atoms with Crippen molar-refractivity contribution in [2.24, 2.45) is 7.05 Å². The number of rotatable bonds is 10. The quantitative estimate of drug-likeness (QED) is 0.257. The fraction of sp³-hybridized carbons (Fsp3) is 0.318. The molecule has 0 saturated heterocycles. The molecule has 36 heavy (non-hydrogen) atoms. The van der Waals surface area contributed by atoms with Crippen molar-refractivity contribution in [1.29, 1.82) is 0 Å². The minimum Gasteiger partial charge on any atom is -0.406 e. The molecule has 2 aromatic carbocycles. The first kappa shape index (κ1) is 27.5. The number of amides is 1. The summed E-state index contributed by atoms with van der Waals surface area (Å²) in [4.78, 5) is 21.4. The second-order valence-electron chi connectivity index (χ2n) is 7.49. The molecule has 14 heteroatoms. The fourth-order valence-corrected chi connectivity index (χ4v) is 4.21. The van der Waals surface area contributed by atoms with Crippen LogP contribution in [-0.4, -0.2) is 60.2 Å². The molecule has 0 bridgehead atoms. The van der Waals surface area contributed by atoms with E-state index < -0.39 is 6.36 Å². The van der Waals surface area contributed by atoms with Crippen LogP contribution in [0.25, 0.3) is 21.3 Å². The van der Waals surface area contributed by atoms with E-state index in [2.05, 4.69) is 30.7 Å². The molecule has 0 aliphatic rings. The number of aryl methyl sites for hydroxylation is 1. The van der Waals surface area contributed by atoms with Gasteiger partial charge in [0.15, 0.2) is 5.13 Å². The van der Waals surface area contributed by atoms with Crippen molar-refractivity contribution in [3.63, 3.8) is 0 Å². The summed E-state index contributed by atoms with van der Waals surface area (Å²) in [6, 6.07) is 9.17. The molecule has 1 amide bonds. The molecular formula is C22H24ClF3N6O3S. The molecule has 0 aliphatic carbocycles. The summed E-state index contributed by atoms with van der Waals surface area (Å²) >= 11 is 1.17. The van der Waals surface area contributed by atoms with Gasteiger partial charge in [0.2, 0.25) is 5.95 Å². The average Bonchev–Trinajstić information content (AvgIpc) is 3.34. The van der Waals surface area contributed by atoms with E-state index in [1.165, 1.54) is 29.5 Å². The van der Waals surface area contributed by atoms with E-state index in [-0.39, 0.29) is 24.1 Å². The molecule has 9 nitrogen and oxygen atoms in total. The van der Waals surface area contributed by atoms with Crippen LogP contribution in [0.1, 0.15) is 10.4 Å². The highest BCUT2D eigenvalue weighted by Crippen LogP contribution is 2.33. The van der Waals surface area contributed by atoms with Gasteiger partial charge in [-0.05, 0) is 37.4 Å². The second kappa shape index (κ2) is 11.7. The average molecular weight is 545 g/mol. The topological polar surface area (TPSA) is 102 Å². The number of aromatic nitrogens is 3. The maximum atomic E-state index is 12.5. The number of halogens is 4. The fourth-order valence-electron chi connectivity index (χ4n) is 3.32. The maximum Gasteiger partial charge on any atom is 0.573 e. The Morgan fingerprint density at radius 3 is 2.61 bits per heavy atom. The summed E-state index contributed by atoms with van der Waals surface area (Å²) in [5.74, 6) is -0.0630. The van der Waals surface area contributed by atoms with Gasteiger partial charge in [-0.1, -0.05) is 11.3 Å². The number of carbonyl (C=O) groups is 1. The third kappa shape index (κ3) is 6.75. The van der Waals surface area contributed by atoms with Crippen LogP contribution >= 0.6 is 23.7 Å². The highest BCUT2D eigenvalue weighted by molar-refractivity contribution is 7.22. The second-order valence-corrected chi connectivity index (χ2v) is 8.52. The number of hydrogen-bond acceptors (Lipinski definition) is 8. The summed E-state index contributed by atoms with van der Waals surface area (Å²) < 4.78 is 49.2. The normalized spacial score (nSPS) is 11.5. The third-order valence-corrected chi connectivity index (χ3v) is 5.92. The Balaban J connectivity index is 0.00000361. The Hall–Kier alpha value is -3.13. The number of nitrogens with one attached hydrogen (secondary N) is 3. The Labute approximate surface area is 214 Å². The van der Waals surface area contributed by atoms with Crippen molar-refractivity contribution in [3.05, 3.63) is 42.0 Å². The van der Waals surface area contributed by atoms with Gasteiger partial charge in [0.1, 0.15) is 5.75 Å².